The van der Waals surface area contributed by atoms with Crippen LogP contribution < -0.4 is 5.32 Å². The molecule has 0 saturated heterocycles. The Kier molecular flexibility index (Phi) is 5.14. The topological polar surface area (TPSA) is 21.3 Å². The quantitative estimate of drug-likeness (QED) is 0.710. The summed E-state index contributed by atoms with van der Waals surface area (Å²) in [6.07, 6.45) is 5.08. The third-order valence-electron chi connectivity index (χ3n) is 2.63. The van der Waals surface area contributed by atoms with Gasteiger partial charge in [0.2, 0.25) is 0 Å². The maximum absolute atomic E-state index is 5.23. The van der Waals surface area contributed by atoms with Crippen LogP contribution in [0.4, 0.5) is 0 Å². The van der Waals surface area contributed by atoms with Gasteiger partial charge < -0.3 is 10.1 Å². The summed E-state index contributed by atoms with van der Waals surface area (Å²) in [5, 5.41) is 3.57. The fourth-order valence-electron chi connectivity index (χ4n) is 1.64. The molecule has 0 aromatic carbocycles. The zero-order valence-corrected chi connectivity index (χ0v) is 9.69. The summed E-state index contributed by atoms with van der Waals surface area (Å²) >= 11 is 1.93. The minimum absolute atomic E-state index is 0.522. The van der Waals surface area contributed by atoms with E-state index in [0.717, 1.165) is 12.5 Å². The Balaban J connectivity index is 1.95. The van der Waals surface area contributed by atoms with E-state index in [1.54, 1.807) is 7.11 Å². The Morgan fingerprint density at radius 2 is 2.23 bits per heavy atom. The molecule has 1 aliphatic rings. The van der Waals surface area contributed by atoms with Crippen LogP contribution in [0.15, 0.2) is 0 Å². The van der Waals surface area contributed by atoms with Crippen molar-refractivity contribution in [2.45, 2.75) is 31.9 Å². The van der Waals surface area contributed by atoms with E-state index in [1.165, 1.54) is 18.6 Å². The molecular formula is C10H21NOS. The predicted molar refractivity (Wildman–Crippen MR) is 59.4 cm³/mol. The number of methoxy groups -OCH3 is 1. The van der Waals surface area contributed by atoms with Gasteiger partial charge in [-0.15, -0.1) is 0 Å². The monoisotopic (exact) mass is 203 g/mol. The van der Waals surface area contributed by atoms with Crippen LogP contribution in [-0.2, 0) is 4.74 Å². The smallest absolute Gasteiger partial charge is 0.0601 e. The number of hydrogen-bond acceptors (Lipinski definition) is 3. The summed E-state index contributed by atoms with van der Waals surface area (Å²) in [6.45, 7) is 3.46. The minimum atomic E-state index is 0.522. The van der Waals surface area contributed by atoms with Gasteiger partial charge in [-0.25, -0.2) is 0 Å². The average Bonchev–Trinajstić information content (AvgIpc) is 2.02. The van der Waals surface area contributed by atoms with E-state index in [9.17, 15) is 0 Å². The molecule has 0 amide bonds. The first kappa shape index (κ1) is 11.3. The summed E-state index contributed by atoms with van der Waals surface area (Å²) in [4.78, 5) is 0. The standard InChI is InChI=1S/C10H21NOS/c1-8(7-13-3)6-11-9-4-10(5-9)12-2/h8-11H,4-7H2,1-3H3. The number of rotatable bonds is 6. The van der Waals surface area contributed by atoms with E-state index < -0.39 is 0 Å². The second kappa shape index (κ2) is 5.89. The molecule has 3 heteroatoms. The van der Waals surface area contributed by atoms with E-state index in [4.69, 9.17) is 4.74 Å². The molecule has 0 radical (unpaired) electrons. The molecule has 0 spiro atoms. The zero-order chi connectivity index (χ0) is 9.68. The highest BCUT2D eigenvalue weighted by Crippen LogP contribution is 2.22. The first-order valence-electron chi connectivity index (χ1n) is 5.01. The lowest BCUT2D eigenvalue weighted by Crippen LogP contribution is -2.46. The molecule has 0 heterocycles. The lowest BCUT2D eigenvalue weighted by molar-refractivity contribution is 0.0168. The van der Waals surface area contributed by atoms with Crippen LogP contribution in [0.3, 0.4) is 0 Å². The Bertz CT molecular complexity index is 137. The molecule has 1 aliphatic carbocycles. The van der Waals surface area contributed by atoms with Crippen LogP contribution in [0.5, 0.6) is 0 Å². The van der Waals surface area contributed by atoms with Gasteiger partial charge in [-0.2, -0.15) is 11.8 Å². The largest absolute Gasteiger partial charge is 0.381 e. The third kappa shape index (κ3) is 3.88. The first-order chi connectivity index (χ1) is 6.26. The van der Waals surface area contributed by atoms with Crippen LogP contribution in [-0.4, -0.2) is 37.8 Å². The van der Waals surface area contributed by atoms with E-state index in [2.05, 4.69) is 18.5 Å². The lowest BCUT2D eigenvalue weighted by Gasteiger charge is -2.35. The van der Waals surface area contributed by atoms with Crippen molar-refractivity contribution >= 4 is 11.8 Å². The van der Waals surface area contributed by atoms with Crippen molar-refractivity contribution in [2.24, 2.45) is 5.92 Å². The van der Waals surface area contributed by atoms with E-state index in [0.29, 0.717) is 12.1 Å². The molecule has 0 aromatic heterocycles. The molecule has 2 nitrogen and oxygen atoms in total. The predicted octanol–water partition coefficient (Wildman–Crippen LogP) is 1.75. The van der Waals surface area contributed by atoms with Crippen LogP contribution in [0.1, 0.15) is 19.8 Å². The highest BCUT2D eigenvalue weighted by molar-refractivity contribution is 7.98. The van der Waals surface area contributed by atoms with Crippen LogP contribution in [0.25, 0.3) is 0 Å². The van der Waals surface area contributed by atoms with E-state index >= 15 is 0 Å². The lowest BCUT2D eigenvalue weighted by atomic mass is 9.89. The average molecular weight is 203 g/mol. The summed E-state index contributed by atoms with van der Waals surface area (Å²) < 4.78 is 5.23. The zero-order valence-electron chi connectivity index (χ0n) is 8.88. The molecule has 1 N–H and O–H groups in total. The van der Waals surface area contributed by atoms with Gasteiger partial charge in [-0.1, -0.05) is 6.92 Å². The van der Waals surface area contributed by atoms with Crippen molar-refractivity contribution in [2.75, 3.05) is 25.7 Å². The Labute approximate surface area is 85.8 Å². The maximum Gasteiger partial charge on any atom is 0.0601 e. The Morgan fingerprint density at radius 3 is 2.77 bits per heavy atom. The third-order valence-corrected chi connectivity index (χ3v) is 3.54. The number of thioether (sulfide) groups is 1. The number of ether oxygens (including phenoxy) is 1. The van der Waals surface area contributed by atoms with Crippen LogP contribution in [0.2, 0.25) is 0 Å². The fraction of sp³-hybridized carbons (Fsp3) is 1.00. The molecule has 1 unspecified atom stereocenters. The summed E-state index contributed by atoms with van der Waals surface area (Å²) in [5.41, 5.74) is 0. The van der Waals surface area contributed by atoms with Crippen molar-refractivity contribution in [3.05, 3.63) is 0 Å². The van der Waals surface area contributed by atoms with Gasteiger partial charge in [-0.3, -0.25) is 0 Å². The molecule has 78 valence electrons. The molecule has 0 aliphatic heterocycles. The fourth-order valence-corrected chi connectivity index (χ4v) is 2.32. The Morgan fingerprint density at radius 1 is 1.54 bits per heavy atom. The maximum atomic E-state index is 5.23. The van der Waals surface area contributed by atoms with Gasteiger partial charge in [0.05, 0.1) is 6.10 Å². The summed E-state index contributed by atoms with van der Waals surface area (Å²) in [6, 6.07) is 0.717. The van der Waals surface area contributed by atoms with Gasteiger partial charge in [0.25, 0.3) is 0 Å². The van der Waals surface area contributed by atoms with Crippen molar-refractivity contribution in [1.82, 2.24) is 5.32 Å². The van der Waals surface area contributed by atoms with E-state index in [1.807, 2.05) is 11.8 Å². The van der Waals surface area contributed by atoms with Crippen molar-refractivity contribution < 1.29 is 4.74 Å². The van der Waals surface area contributed by atoms with Gasteiger partial charge >= 0.3 is 0 Å². The summed E-state index contributed by atoms with van der Waals surface area (Å²) in [5.74, 6) is 2.05. The van der Waals surface area contributed by atoms with E-state index in [-0.39, 0.29) is 0 Å². The first-order valence-corrected chi connectivity index (χ1v) is 6.40. The van der Waals surface area contributed by atoms with Gasteiger partial charge in [0, 0.05) is 13.2 Å². The molecular weight excluding hydrogens is 182 g/mol. The molecule has 1 fully saturated rings. The highest BCUT2D eigenvalue weighted by atomic mass is 32.2. The second-order valence-electron chi connectivity index (χ2n) is 3.99. The van der Waals surface area contributed by atoms with Gasteiger partial charge in [-0.05, 0) is 37.3 Å². The second-order valence-corrected chi connectivity index (χ2v) is 4.91. The van der Waals surface area contributed by atoms with Crippen molar-refractivity contribution in [3.8, 4) is 0 Å². The summed E-state index contributed by atoms with van der Waals surface area (Å²) in [7, 11) is 1.80. The molecule has 1 atom stereocenters. The van der Waals surface area contributed by atoms with Crippen molar-refractivity contribution in [1.29, 1.82) is 0 Å². The molecule has 1 saturated carbocycles. The van der Waals surface area contributed by atoms with Crippen molar-refractivity contribution in [3.63, 3.8) is 0 Å². The van der Waals surface area contributed by atoms with Crippen LogP contribution in [0, 0.1) is 5.92 Å². The molecule has 1 rings (SSSR count). The molecule has 13 heavy (non-hydrogen) atoms. The van der Waals surface area contributed by atoms with Gasteiger partial charge in [0.1, 0.15) is 0 Å². The normalized spacial score (nSPS) is 29.8. The molecule has 0 aromatic rings. The van der Waals surface area contributed by atoms with Gasteiger partial charge in [0.15, 0.2) is 0 Å². The number of nitrogens with one attached hydrogen (secondary N) is 1. The van der Waals surface area contributed by atoms with Crippen LogP contribution >= 0.6 is 11.8 Å². The Hall–Kier alpha value is 0.270. The number of hydrogen-bond donors (Lipinski definition) is 1. The minimum Gasteiger partial charge on any atom is -0.381 e. The molecule has 0 bridgehead atoms. The SMILES string of the molecule is COC1CC(NCC(C)CSC)C1. The highest BCUT2D eigenvalue weighted by Gasteiger charge is 2.28.